The van der Waals surface area contributed by atoms with Crippen LogP contribution in [-0.4, -0.2) is 70.6 Å². The molecule has 1 aliphatic heterocycles. The Labute approximate surface area is 232 Å². The van der Waals surface area contributed by atoms with Gasteiger partial charge < -0.3 is 14.7 Å². The van der Waals surface area contributed by atoms with Gasteiger partial charge in [0.25, 0.3) is 5.91 Å². The first-order chi connectivity index (χ1) is 18.3. The standard InChI is InChI=1S/C28H30Cl2FN5O2/c1-3-19(2)36(28(38)23-10-7-21(29)17-24(23)30)18-27(37)35-14-4-13-34(15-16-35)26-12-11-25(32-33-26)20-5-8-22(31)9-6-20/h5-12,17,19H,3-4,13-16,18H2,1-2H3. The second kappa shape index (κ2) is 12.5. The lowest BCUT2D eigenvalue weighted by molar-refractivity contribution is -0.132. The van der Waals surface area contributed by atoms with E-state index in [0.717, 1.165) is 24.3 Å². The minimum absolute atomic E-state index is 0.0288. The first-order valence-corrected chi connectivity index (χ1v) is 13.4. The van der Waals surface area contributed by atoms with Crippen molar-refractivity contribution in [3.8, 4) is 11.3 Å². The molecule has 2 heterocycles. The van der Waals surface area contributed by atoms with Crippen LogP contribution in [0.2, 0.25) is 10.0 Å². The molecule has 4 rings (SSSR count). The molecule has 0 saturated carbocycles. The van der Waals surface area contributed by atoms with Crippen LogP contribution in [0.4, 0.5) is 10.2 Å². The Morgan fingerprint density at radius 1 is 1.00 bits per heavy atom. The molecule has 0 N–H and O–H groups in total. The Bertz CT molecular complexity index is 1270. The van der Waals surface area contributed by atoms with Crippen molar-refractivity contribution < 1.29 is 14.0 Å². The summed E-state index contributed by atoms with van der Waals surface area (Å²) in [4.78, 5) is 32.1. The minimum atomic E-state index is -0.299. The van der Waals surface area contributed by atoms with Gasteiger partial charge in [-0.25, -0.2) is 4.39 Å². The summed E-state index contributed by atoms with van der Waals surface area (Å²) in [5, 5.41) is 9.39. The Morgan fingerprint density at radius 3 is 2.42 bits per heavy atom. The molecule has 0 bridgehead atoms. The zero-order valence-corrected chi connectivity index (χ0v) is 22.9. The molecule has 1 unspecified atom stereocenters. The van der Waals surface area contributed by atoms with E-state index in [9.17, 15) is 14.0 Å². The molecule has 200 valence electrons. The fraction of sp³-hybridized carbons (Fsp3) is 0.357. The summed E-state index contributed by atoms with van der Waals surface area (Å²) in [5.41, 5.74) is 1.78. The molecule has 38 heavy (non-hydrogen) atoms. The molecular formula is C28H30Cl2FN5O2. The lowest BCUT2D eigenvalue weighted by Crippen LogP contribution is -2.47. The highest BCUT2D eigenvalue weighted by atomic mass is 35.5. The van der Waals surface area contributed by atoms with Gasteiger partial charge in [0.2, 0.25) is 5.91 Å². The highest BCUT2D eigenvalue weighted by Crippen LogP contribution is 2.24. The third kappa shape index (κ3) is 6.60. The van der Waals surface area contributed by atoms with Crippen molar-refractivity contribution >= 4 is 40.8 Å². The Morgan fingerprint density at radius 2 is 1.76 bits per heavy atom. The maximum atomic E-state index is 13.3. The van der Waals surface area contributed by atoms with Crippen LogP contribution >= 0.6 is 23.2 Å². The van der Waals surface area contributed by atoms with Gasteiger partial charge in [0.05, 0.1) is 16.3 Å². The SMILES string of the molecule is CCC(C)N(CC(=O)N1CCCN(c2ccc(-c3ccc(F)cc3)nn2)CC1)C(=O)c1ccc(Cl)cc1Cl. The average Bonchev–Trinajstić information content (AvgIpc) is 3.18. The molecule has 7 nitrogen and oxygen atoms in total. The van der Waals surface area contributed by atoms with Gasteiger partial charge in [-0.1, -0.05) is 30.1 Å². The smallest absolute Gasteiger partial charge is 0.256 e. The largest absolute Gasteiger partial charge is 0.353 e. The van der Waals surface area contributed by atoms with Gasteiger partial charge in [0.15, 0.2) is 5.82 Å². The molecule has 2 aromatic carbocycles. The molecule has 0 spiro atoms. The van der Waals surface area contributed by atoms with E-state index in [0.29, 0.717) is 42.3 Å². The minimum Gasteiger partial charge on any atom is -0.353 e. The normalized spacial score (nSPS) is 14.7. The molecule has 1 aliphatic rings. The van der Waals surface area contributed by atoms with Crippen LogP contribution in [0, 0.1) is 5.82 Å². The number of rotatable bonds is 7. The predicted molar refractivity (Wildman–Crippen MR) is 148 cm³/mol. The molecule has 2 amide bonds. The molecule has 3 aromatic rings. The number of halogens is 3. The number of amides is 2. The van der Waals surface area contributed by atoms with Crippen LogP contribution in [0.25, 0.3) is 11.3 Å². The first-order valence-electron chi connectivity index (χ1n) is 12.6. The van der Waals surface area contributed by atoms with E-state index in [-0.39, 0.29) is 35.2 Å². The summed E-state index contributed by atoms with van der Waals surface area (Å²) in [6.07, 6.45) is 1.46. The number of anilines is 1. The highest BCUT2D eigenvalue weighted by Gasteiger charge is 2.28. The van der Waals surface area contributed by atoms with Crippen LogP contribution < -0.4 is 4.90 Å². The van der Waals surface area contributed by atoms with E-state index in [4.69, 9.17) is 23.2 Å². The van der Waals surface area contributed by atoms with E-state index >= 15 is 0 Å². The number of hydrogen-bond donors (Lipinski definition) is 0. The third-order valence-corrected chi connectivity index (χ3v) is 7.36. The number of aromatic nitrogens is 2. The summed E-state index contributed by atoms with van der Waals surface area (Å²) >= 11 is 12.3. The van der Waals surface area contributed by atoms with Crippen molar-refractivity contribution in [2.45, 2.75) is 32.7 Å². The van der Waals surface area contributed by atoms with Crippen molar-refractivity contribution in [3.63, 3.8) is 0 Å². The predicted octanol–water partition coefficient (Wildman–Crippen LogP) is 5.57. The third-order valence-electron chi connectivity index (χ3n) is 6.81. The van der Waals surface area contributed by atoms with Crippen LogP contribution in [0.5, 0.6) is 0 Å². The molecule has 1 saturated heterocycles. The fourth-order valence-electron chi connectivity index (χ4n) is 4.38. The Kier molecular flexibility index (Phi) is 9.17. The summed E-state index contributed by atoms with van der Waals surface area (Å²) in [6, 6.07) is 14.5. The van der Waals surface area contributed by atoms with E-state index in [1.807, 2.05) is 26.0 Å². The quantitative estimate of drug-likeness (QED) is 0.380. The van der Waals surface area contributed by atoms with Gasteiger partial charge in [0.1, 0.15) is 12.4 Å². The monoisotopic (exact) mass is 557 g/mol. The van der Waals surface area contributed by atoms with Gasteiger partial charge in [0, 0.05) is 42.8 Å². The van der Waals surface area contributed by atoms with Crippen molar-refractivity contribution in [2.24, 2.45) is 0 Å². The van der Waals surface area contributed by atoms with Crippen molar-refractivity contribution in [1.29, 1.82) is 0 Å². The van der Waals surface area contributed by atoms with Gasteiger partial charge in [-0.2, -0.15) is 0 Å². The van der Waals surface area contributed by atoms with Crippen molar-refractivity contribution in [2.75, 3.05) is 37.6 Å². The lowest BCUT2D eigenvalue weighted by atomic mass is 10.1. The lowest BCUT2D eigenvalue weighted by Gasteiger charge is -2.31. The van der Waals surface area contributed by atoms with Crippen LogP contribution in [-0.2, 0) is 4.79 Å². The van der Waals surface area contributed by atoms with E-state index in [1.165, 1.54) is 18.2 Å². The van der Waals surface area contributed by atoms with Crippen molar-refractivity contribution in [1.82, 2.24) is 20.0 Å². The number of hydrogen-bond acceptors (Lipinski definition) is 5. The van der Waals surface area contributed by atoms with E-state index in [1.54, 1.807) is 34.1 Å². The molecule has 1 atom stereocenters. The van der Waals surface area contributed by atoms with E-state index in [2.05, 4.69) is 15.1 Å². The number of nitrogens with zero attached hydrogens (tertiary/aromatic N) is 5. The van der Waals surface area contributed by atoms with Gasteiger partial charge in [-0.3, -0.25) is 9.59 Å². The molecule has 1 aromatic heterocycles. The molecule has 0 radical (unpaired) electrons. The summed E-state index contributed by atoms with van der Waals surface area (Å²) in [5.74, 6) is 0.0250. The maximum Gasteiger partial charge on any atom is 0.256 e. The van der Waals surface area contributed by atoms with Crippen molar-refractivity contribution in [3.05, 3.63) is 76.0 Å². The Balaban J connectivity index is 1.40. The summed E-state index contributed by atoms with van der Waals surface area (Å²) < 4.78 is 13.2. The second-order valence-electron chi connectivity index (χ2n) is 9.32. The van der Waals surface area contributed by atoms with E-state index < -0.39 is 0 Å². The average molecular weight is 558 g/mol. The highest BCUT2D eigenvalue weighted by molar-refractivity contribution is 6.36. The second-order valence-corrected chi connectivity index (χ2v) is 10.2. The Hall–Kier alpha value is -3.23. The topological polar surface area (TPSA) is 69.6 Å². The number of benzene rings is 2. The molecule has 1 fully saturated rings. The molecule has 0 aliphatic carbocycles. The fourth-order valence-corrected chi connectivity index (χ4v) is 4.87. The zero-order chi connectivity index (χ0) is 27.2. The summed E-state index contributed by atoms with van der Waals surface area (Å²) in [6.45, 7) is 6.28. The maximum absolute atomic E-state index is 13.3. The number of carbonyl (C=O) groups is 2. The molecule has 10 heteroatoms. The van der Waals surface area contributed by atoms with Gasteiger partial charge >= 0.3 is 0 Å². The van der Waals surface area contributed by atoms with Crippen LogP contribution in [0.1, 0.15) is 37.0 Å². The molecular weight excluding hydrogens is 528 g/mol. The number of carbonyl (C=O) groups excluding carboxylic acids is 2. The zero-order valence-electron chi connectivity index (χ0n) is 21.4. The van der Waals surface area contributed by atoms with Crippen LogP contribution in [0.3, 0.4) is 0 Å². The van der Waals surface area contributed by atoms with Crippen LogP contribution in [0.15, 0.2) is 54.6 Å². The first kappa shape index (κ1) is 27.8. The summed E-state index contributed by atoms with van der Waals surface area (Å²) in [7, 11) is 0. The van der Waals surface area contributed by atoms with Gasteiger partial charge in [-0.15, -0.1) is 10.2 Å². The van der Waals surface area contributed by atoms with Gasteiger partial charge in [-0.05, 0) is 74.4 Å².